The summed E-state index contributed by atoms with van der Waals surface area (Å²) in [4.78, 5) is 15.4. The van der Waals surface area contributed by atoms with Gasteiger partial charge in [0.1, 0.15) is 0 Å². The van der Waals surface area contributed by atoms with Gasteiger partial charge in [0.05, 0.1) is 0 Å². The monoisotopic (exact) mass is 346 g/mol. The predicted molar refractivity (Wildman–Crippen MR) is 90.5 cm³/mol. The molecule has 1 aromatic rings. The fraction of sp³-hybridized carbons (Fsp3) is 0.533. The van der Waals surface area contributed by atoms with Gasteiger partial charge in [0.15, 0.2) is 0 Å². The van der Waals surface area contributed by atoms with Crippen molar-refractivity contribution in [2.45, 2.75) is 11.3 Å². The van der Waals surface area contributed by atoms with Crippen LogP contribution in [0, 0.1) is 11.8 Å². The molecule has 3 rings (SSSR count). The van der Waals surface area contributed by atoms with Gasteiger partial charge in [-0.2, -0.15) is 0 Å². The van der Waals surface area contributed by atoms with E-state index in [0.717, 1.165) is 37.0 Å². The van der Waals surface area contributed by atoms with Gasteiger partial charge in [0.2, 0.25) is 5.91 Å². The first-order valence-corrected chi connectivity index (χ1v) is 8.45. The second-order valence-corrected chi connectivity index (χ2v) is 7.13. The van der Waals surface area contributed by atoms with Crippen LogP contribution in [0.1, 0.15) is 6.42 Å². The highest BCUT2D eigenvalue weighted by molar-refractivity contribution is 7.99. The Labute approximate surface area is 141 Å². The molecule has 2 aliphatic rings. The van der Waals surface area contributed by atoms with E-state index >= 15 is 0 Å². The Kier molecular flexibility index (Phi) is 6.23. The molecule has 2 atom stereocenters. The molecule has 0 aromatic heterocycles. The lowest BCUT2D eigenvalue weighted by atomic mass is 10.0. The molecule has 1 N–H and O–H groups in total. The molecule has 0 radical (unpaired) electrons. The van der Waals surface area contributed by atoms with E-state index in [0.29, 0.717) is 24.2 Å². The first-order chi connectivity index (χ1) is 9.72. The lowest BCUT2D eigenvalue weighted by Gasteiger charge is -2.17. The van der Waals surface area contributed by atoms with E-state index in [9.17, 15) is 4.79 Å². The van der Waals surface area contributed by atoms with Gasteiger partial charge >= 0.3 is 0 Å². The Bertz CT molecular complexity index is 471. The van der Waals surface area contributed by atoms with Gasteiger partial charge < -0.3 is 10.2 Å². The summed E-state index contributed by atoms with van der Waals surface area (Å²) in [5, 5.41) is 4.15. The summed E-state index contributed by atoms with van der Waals surface area (Å²) in [6.07, 6.45) is 0.625. The molecule has 2 fully saturated rings. The summed E-state index contributed by atoms with van der Waals surface area (Å²) in [6, 6.07) is 7.79. The third-order valence-electron chi connectivity index (χ3n) is 4.14. The van der Waals surface area contributed by atoms with Crippen molar-refractivity contribution in [2.24, 2.45) is 11.8 Å². The molecule has 1 amide bonds. The Morgan fingerprint density at radius 3 is 2.48 bits per heavy atom. The minimum atomic E-state index is 0. The topological polar surface area (TPSA) is 32.3 Å². The molecule has 21 heavy (non-hydrogen) atoms. The zero-order valence-corrected chi connectivity index (χ0v) is 14.1. The van der Waals surface area contributed by atoms with Gasteiger partial charge in [-0.25, -0.2) is 0 Å². The van der Waals surface area contributed by atoms with Gasteiger partial charge in [-0.3, -0.25) is 4.79 Å². The third kappa shape index (κ3) is 4.28. The van der Waals surface area contributed by atoms with E-state index in [-0.39, 0.29) is 12.4 Å². The van der Waals surface area contributed by atoms with E-state index in [2.05, 4.69) is 10.2 Å². The molecule has 0 unspecified atom stereocenters. The van der Waals surface area contributed by atoms with Crippen LogP contribution in [0.3, 0.4) is 0 Å². The maximum absolute atomic E-state index is 12.2. The van der Waals surface area contributed by atoms with Gasteiger partial charge in [0, 0.05) is 48.3 Å². The standard InChI is InChI=1S/C15H19ClN2OS.ClH/c16-13-1-3-14(4-2-13)20-6-5-15(19)18-9-11-7-17-8-12(11)10-18;/h1-4,11-12,17H,5-10H2;1H/t11-,12+;. The number of thioether (sulfide) groups is 1. The number of benzene rings is 1. The van der Waals surface area contributed by atoms with Crippen molar-refractivity contribution in [3.05, 3.63) is 29.3 Å². The number of amides is 1. The van der Waals surface area contributed by atoms with Crippen molar-refractivity contribution in [3.8, 4) is 0 Å². The number of nitrogens with one attached hydrogen (secondary N) is 1. The van der Waals surface area contributed by atoms with Crippen LogP contribution < -0.4 is 5.32 Å². The molecular weight excluding hydrogens is 327 g/mol. The maximum Gasteiger partial charge on any atom is 0.223 e. The van der Waals surface area contributed by atoms with Crippen molar-refractivity contribution in [3.63, 3.8) is 0 Å². The number of carbonyl (C=O) groups is 1. The van der Waals surface area contributed by atoms with Crippen molar-refractivity contribution in [1.29, 1.82) is 0 Å². The number of hydrogen-bond acceptors (Lipinski definition) is 3. The molecule has 0 spiro atoms. The van der Waals surface area contributed by atoms with E-state index in [1.54, 1.807) is 11.8 Å². The summed E-state index contributed by atoms with van der Waals surface area (Å²) in [5.74, 6) is 2.51. The first-order valence-electron chi connectivity index (χ1n) is 7.09. The Morgan fingerprint density at radius 1 is 1.24 bits per heavy atom. The molecule has 0 saturated carbocycles. The van der Waals surface area contributed by atoms with E-state index < -0.39 is 0 Å². The molecule has 2 aliphatic heterocycles. The zero-order valence-electron chi connectivity index (χ0n) is 11.8. The highest BCUT2D eigenvalue weighted by atomic mass is 35.5. The zero-order chi connectivity index (χ0) is 13.9. The second kappa shape index (κ2) is 7.73. The largest absolute Gasteiger partial charge is 0.342 e. The molecule has 6 heteroatoms. The molecule has 0 aliphatic carbocycles. The smallest absolute Gasteiger partial charge is 0.223 e. The van der Waals surface area contributed by atoms with E-state index in [1.165, 1.54) is 4.90 Å². The van der Waals surface area contributed by atoms with Crippen molar-refractivity contribution < 1.29 is 4.79 Å². The van der Waals surface area contributed by atoms with Crippen LogP contribution in [0.5, 0.6) is 0 Å². The molecule has 2 saturated heterocycles. The van der Waals surface area contributed by atoms with E-state index in [4.69, 9.17) is 11.6 Å². The minimum absolute atomic E-state index is 0. The summed E-state index contributed by atoms with van der Waals surface area (Å²) in [6.45, 7) is 4.05. The number of fused-ring (bicyclic) bond motifs is 1. The highest BCUT2D eigenvalue weighted by Gasteiger charge is 2.37. The van der Waals surface area contributed by atoms with Gasteiger partial charge in [-0.15, -0.1) is 24.2 Å². The summed E-state index contributed by atoms with van der Waals surface area (Å²) < 4.78 is 0. The number of nitrogens with zero attached hydrogens (tertiary/aromatic N) is 1. The Balaban J connectivity index is 0.00000161. The summed E-state index contributed by atoms with van der Waals surface area (Å²) in [7, 11) is 0. The number of carbonyl (C=O) groups excluding carboxylic acids is 1. The minimum Gasteiger partial charge on any atom is -0.342 e. The molecule has 116 valence electrons. The number of likely N-dealkylation sites (tertiary alicyclic amines) is 1. The van der Waals surface area contributed by atoms with Gasteiger partial charge in [0.25, 0.3) is 0 Å². The van der Waals surface area contributed by atoms with Crippen LogP contribution in [-0.2, 0) is 4.79 Å². The van der Waals surface area contributed by atoms with Crippen LogP contribution in [0.2, 0.25) is 5.02 Å². The average molecular weight is 347 g/mol. The van der Waals surface area contributed by atoms with E-state index in [1.807, 2.05) is 24.3 Å². The molecular formula is C15H20Cl2N2OS. The highest BCUT2D eigenvalue weighted by Crippen LogP contribution is 2.27. The number of hydrogen-bond donors (Lipinski definition) is 1. The molecule has 2 heterocycles. The number of rotatable bonds is 4. The molecule has 3 nitrogen and oxygen atoms in total. The molecule has 0 bridgehead atoms. The van der Waals surface area contributed by atoms with Crippen LogP contribution in [0.15, 0.2) is 29.2 Å². The van der Waals surface area contributed by atoms with Crippen molar-refractivity contribution in [2.75, 3.05) is 31.9 Å². The quantitative estimate of drug-likeness (QED) is 0.850. The summed E-state index contributed by atoms with van der Waals surface area (Å²) >= 11 is 7.57. The van der Waals surface area contributed by atoms with Crippen molar-refractivity contribution >= 4 is 41.7 Å². The SMILES string of the molecule is Cl.O=C(CCSc1ccc(Cl)cc1)N1C[C@H]2CNC[C@H]2C1. The van der Waals surface area contributed by atoms with Gasteiger partial charge in [-0.1, -0.05) is 11.6 Å². The van der Waals surface area contributed by atoms with Gasteiger partial charge in [-0.05, 0) is 36.1 Å². The lowest BCUT2D eigenvalue weighted by Crippen LogP contribution is -2.32. The average Bonchev–Trinajstić information content (AvgIpc) is 3.02. The lowest BCUT2D eigenvalue weighted by molar-refractivity contribution is -0.129. The maximum atomic E-state index is 12.2. The fourth-order valence-corrected chi connectivity index (χ4v) is 3.97. The van der Waals surface area contributed by atoms with Crippen LogP contribution in [-0.4, -0.2) is 42.7 Å². The fourth-order valence-electron chi connectivity index (χ4n) is 3.00. The second-order valence-electron chi connectivity index (χ2n) is 5.53. The molecule has 1 aromatic carbocycles. The normalized spacial score (nSPS) is 23.8. The summed E-state index contributed by atoms with van der Waals surface area (Å²) in [5.41, 5.74) is 0. The Hall–Kier alpha value is -0.420. The first kappa shape index (κ1) is 16.9. The van der Waals surface area contributed by atoms with Crippen LogP contribution >= 0.6 is 35.8 Å². The van der Waals surface area contributed by atoms with Crippen LogP contribution in [0.25, 0.3) is 0 Å². The predicted octanol–water partition coefficient (Wildman–Crippen LogP) is 2.92. The number of halogens is 2. The third-order valence-corrected chi connectivity index (χ3v) is 5.41. The van der Waals surface area contributed by atoms with Crippen LogP contribution in [0.4, 0.5) is 0 Å². The van der Waals surface area contributed by atoms with Crippen molar-refractivity contribution in [1.82, 2.24) is 10.2 Å². The Morgan fingerprint density at radius 2 is 1.86 bits per heavy atom.